The molecule has 16 heavy (non-hydrogen) atoms. The fourth-order valence-electron chi connectivity index (χ4n) is 2.20. The van der Waals surface area contributed by atoms with Crippen LogP contribution in [0.15, 0.2) is 0 Å². The first-order valence-corrected chi connectivity index (χ1v) is 6.69. The van der Waals surface area contributed by atoms with Crippen molar-refractivity contribution in [1.82, 2.24) is 10.6 Å². The van der Waals surface area contributed by atoms with Crippen molar-refractivity contribution < 1.29 is 4.74 Å². The van der Waals surface area contributed by atoms with Gasteiger partial charge in [-0.25, -0.2) is 0 Å². The summed E-state index contributed by atoms with van der Waals surface area (Å²) in [5.41, 5.74) is 0. The lowest BCUT2D eigenvalue weighted by Gasteiger charge is -2.11. The highest BCUT2D eigenvalue weighted by atomic mass is 16.5. The van der Waals surface area contributed by atoms with Gasteiger partial charge in [-0.15, -0.1) is 0 Å². The van der Waals surface area contributed by atoms with Crippen LogP contribution < -0.4 is 10.6 Å². The Balaban J connectivity index is 1.88. The molecule has 2 N–H and O–H groups in total. The highest BCUT2D eigenvalue weighted by Crippen LogP contribution is 2.08. The fraction of sp³-hybridized carbons (Fsp3) is 1.00. The molecule has 0 aromatic rings. The van der Waals surface area contributed by atoms with Crippen molar-refractivity contribution in [2.75, 3.05) is 26.7 Å². The monoisotopic (exact) mass is 228 g/mol. The van der Waals surface area contributed by atoms with Crippen LogP contribution in [0.2, 0.25) is 0 Å². The van der Waals surface area contributed by atoms with E-state index in [0.29, 0.717) is 12.1 Å². The van der Waals surface area contributed by atoms with E-state index in [-0.39, 0.29) is 0 Å². The van der Waals surface area contributed by atoms with Crippen LogP contribution in [0.5, 0.6) is 0 Å². The molecule has 3 nitrogen and oxygen atoms in total. The zero-order valence-electron chi connectivity index (χ0n) is 11.1. The Kier molecular flexibility index (Phi) is 7.01. The SMILES string of the molecule is COC1CNC(CNCCCCC(C)C)C1. The minimum Gasteiger partial charge on any atom is -0.380 e. The van der Waals surface area contributed by atoms with Gasteiger partial charge in [0.2, 0.25) is 0 Å². The van der Waals surface area contributed by atoms with Gasteiger partial charge in [0.1, 0.15) is 0 Å². The number of hydrogen-bond acceptors (Lipinski definition) is 3. The zero-order valence-corrected chi connectivity index (χ0v) is 11.1. The van der Waals surface area contributed by atoms with Crippen LogP contribution in [0.25, 0.3) is 0 Å². The van der Waals surface area contributed by atoms with E-state index in [0.717, 1.165) is 32.0 Å². The summed E-state index contributed by atoms with van der Waals surface area (Å²) in [6.45, 7) is 7.84. The van der Waals surface area contributed by atoms with Gasteiger partial charge in [-0.2, -0.15) is 0 Å². The van der Waals surface area contributed by atoms with Crippen LogP contribution in [0.1, 0.15) is 39.5 Å². The van der Waals surface area contributed by atoms with Crippen molar-refractivity contribution in [2.24, 2.45) is 5.92 Å². The lowest BCUT2D eigenvalue weighted by atomic mass is 10.1. The second-order valence-electron chi connectivity index (χ2n) is 5.29. The Labute approximate surface area is 100 Å². The van der Waals surface area contributed by atoms with Gasteiger partial charge in [0.25, 0.3) is 0 Å². The molecule has 0 saturated carbocycles. The Morgan fingerprint density at radius 2 is 2.19 bits per heavy atom. The average molecular weight is 228 g/mol. The molecule has 3 heteroatoms. The molecule has 96 valence electrons. The largest absolute Gasteiger partial charge is 0.380 e. The maximum atomic E-state index is 5.32. The van der Waals surface area contributed by atoms with Crippen LogP contribution in [0.3, 0.4) is 0 Å². The Morgan fingerprint density at radius 1 is 1.38 bits per heavy atom. The predicted octanol–water partition coefficient (Wildman–Crippen LogP) is 1.78. The first-order chi connectivity index (χ1) is 7.72. The molecule has 0 aromatic carbocycles. The minimum atomic E-state index is 0.424. The average Bonchev–Trinajstić information content (AvgIpc) is 2.70. The first-order valence-electron chi connectivity index (χ1n) is 6.69. The topological polar surface area (TPSA) is 33.3 Å². The molecule has 1 aliphatic rings. The van der Waals surface area contributed by atoms with Crippen LogP contribution >= 0.6 is 0 Å². The van der Waals surface area contributed by atoms with E-state index in [1.165, 1.54) is 19.3 Å². The summed E-state index contributed by atoms with van der Waals surface area (Å²) in [5, 5.41) is 7.01. The zero-order chi connectivity index (χ0) is 11.8. The molecule has 0 bridgehead atoms. The highest BCUT2D eigenvalue weighted by molar-refractivity contribution is 4.83. The molecule has 1 rings (SSSR count). The number of unbranched alkanes of at least 4 members (excludes halogenated alkanes) is 1. The van der Waals surface area contributed by atoms with Crippen LogP contribution in [0, 0.1) is 5.92 Å². The van der Waals surface area contributed by atoms with E-state index in [2.05, 4.69) is 24.5 Å². The summed E-state index contributed by atoms with van der Waals surface area (Å²) in [4.78, 5) is 0. The number of hydrogen-bond donors (Lipinski definition) is 2. The highest BCUT2D eigenvalue weighted by Gasteiger charge is 2.22. The summed E-state index contributed by atoms with van der Waals surface area (Å²) >= 11 is 0. The quantitative estimate of drug-likeness (QED) is 0.621. The van der Waals surface area contributed by atoms with E-state index in [9.17, 15) is 0 Å². The normalized spacial score (nSPS) is 25.5. The third-order valence-electron chi connectivity index (χ3n) is 3.29. The van der Waals surface area contributed by atoms with Crippen molar-refractivity contribution in [1.29, 1.82) is 0 Å². The summed E-state index contributed by atoms with van der Waals surface area (Å²) in [5.74, 6) is 0.846. The molecule has 0 radical (unpaired) electrons. The third-order valence-corrected chi connectivity index (χ3v) is 3.29. The molecule has 0 spiro atoms. The third kappa shape index (κ3) is 5.83. The maximum Gasteiger partial charge on any atom is 0.0711 e. The molecule has 1 fully saturated rings. The van der Waals surface area contributed by atoms with E-state index in [4.69, 9.17) is 4.74 Å². The Morgan fingerprint density at radius 3 is 2.81 bits per heavy atom. The van der Waals surface area contributed by atoms with Crippen LogP contribution in [-0.2, 0) is 4.74 Å². The predicted molar refractivity (Wildman–Crippen MR) is 68.8 cm³/mol. The van der Waals surface area contributed by atoms with Crippen molar-refractivity contribution in [2.45, 2.75) is 51.7 Å². The summed E-state index contributed by atoms with van der Waals surface area (Å²) in [7, 11) is 1.80. The molecule has 2 unspecified atom stereocenters. The molecular weight excluding hydrogens is 200 g/mol. The van der Waals surface area contributed by atoms with Crippen molar-refractivity contribution in [3.63, 3.8) is 0 Å². The molecular formula is C13H28N2O. The van der Waals surface area contributed by atoms with Crippen molar-refractivity contribution in [3.05, 3.63) is 0 Å². The molecule has 2 atom stereocenters. The fourth-order valence-corrected chi connectivity index (χ4v) is 2.20. The molecule has 1 heterocycles. The summed E-state index contributed by atoms with van der Waals surface area (Å²) < 4.78 is 5.32. The van der Waals surface area contributed by atoms with E-state index >= 15 is 0 Å². The number of nitrogens with one attached hydrogen (secondary N) is 2. The maximum absolute atomic E-state index is 5.32. The lowest BCUT2D eigenvalue weighted by Crippen LogP contribution is -2.34. The smallest absolute Gasteiger partial charge is 0.0711 e. The van der Waals surface area contributed by atoms with E-state index in [1.54, 1.807) is 7.11 Å². The van der Waals surface area contributed by atoms with Gasteiger partial charge < -0.3 is 15.4 Å². The standard InChI is InChI=1S/C13H28N2O/c1-11(2)6-4-5-7-14-9-12-8-13(16-3)10-15-12/h11-15H,4-10H2,1-3H3. The molecule has 0 amide bonds. The van der Waals surface area contributed by atoms with E-state index in [1.807, 2.05) is 0 Å². The molecule has 0 aromatic heterocycles. The second kappa shape index (κ2) is 8.04. The first kappa shape index (κ1) is 13.9. The Bertz CT molecular complexity index is 173. The lowest BCUT2D eigenvalue weighted by molar-refractivity contribution is 0.117. The van der Waals surface area contributed by atoms with Gasteiger partial charge >= 0.3 is 0 Å². The van der Waals surface area contributed by atoms with Crippen molar-refractivity contribution >= 4 is 0 Å². The van der Waals surface area contributed by atoms with E-state index < -0.39 is 0 Å². The summed E-state index contributed by atoms with van der Waals surface area (Å²) in [6, 6.07) is 0.607. The molecule has 1 aliphatic heterocycles. The van der Waals surface area contributed by atoms with Crippen molar-refractivity contribution in [3.8, 4) is 0 Å². The summed E-state index contributed by atoms with van der Waals surface area (Å²) in [6.07, 6.45) is 5.58. The van der Waals surface area contributed by atoms with Gasteiger partial charge in [-0.05, 0) is 25.3 Å². The van der Waals surface area contributed by atoms with Gasteiger partial charge in [-0.1, -0.05) is 26.7 Å². The minimum absolute atomic E-state index is 0.424. The van der Waals surface area contributed by atoms with Crippen LogP contribution in [0.4, 0.5) is 0 Å². The number of ether oxygens (including phenoxy) is 1. The molecule has 1 saturated heterocycles. The number of rotatable bonds is 8. The van der Waals surface area contributed by atoms with Gasteiger partial charge in [-0.3, -0.25) is 0 Å². The van der Waals surface area contributed by atoms with Gasteiger partial charge in [0, 0.05) is 26.2 Å². The Hall–Kier alpha value is -0.120. The number of methoxy groups -OCH3 is 1. The van der Waals surface area contributed by atoms with Gasteiger partial charge in [0.15, 0.2) is 0 Å². The second-order valence-corrected chi connectivity index (χ2v) is 5.29. The van der Waals surface area contributed by atoms with Crippen LogP contribution in [-0.4, -0.2) is 38.9 Å². The molecule has 0 aliphatic carbocycles. The van der Waals surface area contributed by atoms with Gasteiger partial charge in [0.05, 0.1) is 6.10 Å².